The molecule has 2 saturated heterocycles. The van der Waals surface area contributed by atoms with Gasteiger partial charge in [0.25, 0.3) is 0 Å². The quantitative estimate of drug-likeness (QED) is 0.903. The van der Waals surface area contributed by atoms with Crippen molar-refractivity contribution in [2.45, 2.75) is 51.5 Å². The number of piperidine rings is 1. The van der Waals surface area contributed by atoms with Gasteiger partial charge in [0.15, 0.2) is 0 Å². The molecular formula is C16H27N3S. The standard InChI is InChI=1S/C16H27N3S/c1-4-7-17-16(6-9-19-8-5-13(16)10-19)15-18-14(11-20-15)12(2)3/h11-13,17H,4-10H2,1-3H3. The Hall–Kier alpha value is -0.450. The Balaban J connectivity index is 1.91. The Morgan fingerprint density at radius 1 is 1.50 bits per heavy atom. The molecule has 20 heavy (non-hydrogen) atoms. The molecule has 3 rings (SSSR count). The predicted molar refractivity (Wildman–Crippen MR) is 85.3 cm³/mol. The van der Waals surface area contributed by atoms with Gasteiger partial charge in [0, 0.05) is 18.5 Å². The van der Waals surface area contributed by atoms with Crippen LogP contribution < -0.4 is 5.32 Å². The topological polar surface area (TPSA) is 28.2 Å². The van der Waals surface area contributed by atoms with Crippen LogP contribution in [0.15, 0.2) is 5.38 Å². The molecule has 1 aromatic heterocycles. The number of hydrogen-bond donors (Lipinski definition) is 1. The number of fused-ring (bicyclic) bond motifs is 2. The molecule has 0 spiro atoms. The van der Waals surface area contributed by atoms with E-state index in [9.17, 15) is 0 Å². The van der Waals surface area contributed by atoms with Gasteiger partial charge in [-0.1, -0.05) is 20.8 Å². The van der Waals surface area contributed by atoms with E-state index in [4.69, 9.17) is 4.98 Å². The summed E-state index contributed by atoms with van der Waals surface area (Å²) in [6.07, 6.45) is 3.75. The highest BCUT2D eigenvalue weighted by molar-refractivity contribution is 7.09. The third kappa shape index (κ3) is 2.42. The van der Waals surface area contributed by atoms with Crippen molar-refractivity contribution < 1.29 is 0 Å². The monoisotopic (exact) mass is 293 g/mol. The van der Waals surface area contributed by atoms with Gasteiger partial charge in [-0.05, 0) is 44.2 Å². The summed E-state index contributed by atoms with van der Waals surface area (Å²) in [6, 6.07) is 0. The fourth-order valence-electron chi connectivity index (χ4n) is 3.67. The molecule has 3 nitrogen and oxygen atoms in total. The molecule has 2 fully saturated rings. The van der Waals surface area contributed by atoms with Crippen molar-refractivity contribution in [1.82, 2.24) is 15.2 Å². The lowest BCUT2D eigenvalue weighted by Crippen LogP contribution is -2.54. The average molecular weight is 293 g/mol. The third-order valence-electron chi connectivity index (χ3n) is 4.98. The molecule has 0 radical (unpaired) electrons. The maximum atomic E-state index is 5.01. The van der Waals surface area contributed by atoms with E-state index in [1.807, 2.05) is 11.3 Å². The second-order valence-corrected chi connectivity index (χ2v) is 7.52. The number of hydrogen-bond acceptors (Lipinski definition) is 4. The fraction of sp³-hybridized carbons (Fsp3) is 0.812. The molecule has 0 amide bonds. The number of thiazole rings is 1. The molecule has 2 aliphatic rings. The molecule has 1 aromatic rings. The summed E-state index contributed by atoms with van der Waals surface area (Å²) in [6.45, 7) is 11.6. The van der Waals surface area contributed by atoms with Gasteiger partial charge in [0.2, 0.25) is 0 Å². The SMILES string of the molecule is CCCNC1(c2nc(C(C)C)cs2)CCN2CCC1C2. The van der Waals surface area contributed by atoms with E-state index in [-0.39, 0.29) is 5.54 Å². The predicted octanol–water partition coefficient (Wildman–Crippen LogP) is 3.19. The van der Waals surface area contributed by atoms with Crippen LogP contribution in [0.5, 0.6) is 0 Å². The second kappa shape index (κ2) is 5.74. The van der Waals surface area contributed by atoms with Crippen molar-refractivity contribution in [1.29, 1.82) is 0 Å². The zero-order valence-corrected chi connectivity index (χ0v) is 13.8. The molecule has 3 unspecified atom stereocenters. The van der Waals surface area contributed by atoms with Gasteiger partial charge in [0.1, 0.15) is 5.01 Å². The summed E-state index contributed by atoms with van der Waals surface area (Å²) in [7, 11) is 0. The van der Waals surface area contributed by atoms with E-state index in [0.29, 0.717) is 5.92 Å². The van der Waals surface area contributed by atoms with Crippen LogP contribution in [0, 0.1) is 5.92 Å². The number of rotatable bonds is 5. The summed E-state index contributed by atoms with van der Waals surface area (Å²) in [5, 5.41) is 7.53. The molecule has 3 heterocycles. The Kier molecular flexibility index (Phi) is 4.16. The number of aromatic nitrogens is 1. The minimum Gasteiger partial charge on any atom is -0.305 e. The number of nitrogens with zero attached hydrogens (tertiary/aromatic N) is 2. The van der Waals surface area contributed by atoms with Gasteiger partial charge in [-0.3, -0.25) is 0 Å². The van der Waals surface area contributed by atoms with E-state index in [2.05, 4.69) is 36.4 Å². The van der Waals surface area contributed by atoms with Gasteiger partial charge in [-0.15, -0.1) is 11.3 Å². The molecule has 2 aliphatic heterocycles. The fourth-order valence-corrected chi connectivity index (χ4v) is 4.94. The van der Waals surface area contributed by atoms with Crippen LogP contribution >= 0.6 is 11.3 Å². The lowest BCUT2D eigenvalue weighted by molar-refractivity contribution is 0.129. The molecule has 112 valence electrons. The van der Waals surface area contributed by atoms with Crippen molar-refractivity contribution in [2.24, 2.45) is 5.92 Å². The van der Waals surface area contributed by atoms with E-state index >= 15 is 0 Å². The first-order valence-corrected chi connectivity index (χ1v) is 8.97. The molecular weight excluding hydrogens is 266 g/mol. The molecule has 0 aromatic carbocycles. The second-order valence-electron chi connectivity index (χ2n) is 6.67. The summed E-state index contributed by atoms with van der Waals surface area (Å²) in [5.41, 5.74) is 1.42. The number of nitrogens with one attached hydrogen (secondary N) is 1. The van der Waals surface area contributed by atoms with Crippen LogP contribution in [0.3, 0.4) is 0 Å². The summed E-state index contributed by atoms with van der Waals surface area (Å²) in [4.78, 5) is 7.63. The van der Waals surface area contributed by atoms with Crippen LogP contribution in [0.25, 0.3) is 0 Å². The van der Waals surface area contributed by atoms with E-state index in [1.54, 1.807) is 0 Å². The van der Waals surface area contributed by atoms with Crippen molar-refractivity contribution in [2.75, 3.05) is 26.2 Å². The van der Waals surface area contributed by atoms with Crippen molar-refractivity contribution in [3.8, 4) is 0 Å². The minimum absolute atomic E-state index is 0.154. The van der Waals surface area contributed by atoms with Crippen molar-refractivity contribution in [3.63, 3.8) is 0 Å². The Morgan fingerprint density at radius 2 is 2.35 bits per heavy atom. The zero-order valence-electron chi connectivity index (χ0n) is 13.0. The van der Waals surface area contributed by atoms with E-state index in [0.717, 1.165) is 12.5 Å². The van der Waals surface area contributed by atoms with Gasteiger partial charge in [-0.25, -0.2) is 4.98 Å². The maximum Gasteiger partial charge on any atom is 0.113 e. The molecule has 4 heteroatoms. The van der Waals surface area contributed by atoms with Crippen molar-refractivity contribution >= 4 is 11.3 Å². The Morgan fingerprint density at radius 3 is 3.05 bits per heavy atom. The molecule has 0 saturated carbocycles. The lowest BCUT2D eigenvalue weighted by atomic mass is 9.79. The average Bonchev–Trinajstić information content (AvgIpc) is 3.07. The van der Waals surface area contributed by atoms with E-state index < -0.39 is 0 Å². The van der Waals surface area contributed by atoms with Crippen LogP contribution in [0.2, 0.25) is 0 Å². The highest BCUT2D eigenvalue weighted by atomic mass is 32.1. The molecule has 0 aliphatic carbocycles. The minimum atomic E-state index is 0.154. The summed E-state index contributed by atoms with van der Waals surface area (Å²) in [5.74, 6) is 1.28. The first-order valence-electron chi connectivity index (χ1n) is 8.09. The Labute approximate surface area is 126 Å². The molecule has 1 N–H and O–H groups in total. The highest BCUT2D eigenvalue weighted by Crippen LogP contribution is 2.44. The smallest absolute Gasteiger partial charge is 0.113 e. The van der Waals surface area contributed by atoms with Crippen LogP contribution in [-0.4, -0.2) is 36.1 Å². The van der Waals surface area contributed by atoms with E-state index in [1.165, 1.54) is 49.6 Å². The zero-order chi connectivity index (χ0) is 14.2. The first-order chi connectivity index (χ1) is 9.65. The largest absolute Gasteiger partial charge is 0.305 e. The van der Waals surface area contributed by atoms with Crippen LogP contribution in [0.4, 0.5) is 0 Å². The first kappa shape index (κ1) is 14.5. The summed E-state index contributed by atoms with van der Waals surface area (Å²) >= 11 is 1.88. The summed E-state index contributed by atoms with van der Waals surface area (Å²) < 4.78 is 0. The van der Waals surface area contributed by atoms with Gasteiger partial charge < -0.3 is 10.2 Å². The highest BCUT2D eigenvalue weighted by Gasteiger charge is 2.48. The Bertz CT molecular complexity index is 456. The maximum absolute atomic E-state index is 5.01. The van der Waals surface area contributed by atoms with Crippen molar-refractivity contribution in [3.05, 3.63) is 16.1 Å². The third-order valence-corrected chi connectivity index (χ3v) is 6.02. The van der Waals surface area contributed by atoms with Gasteiger partial charge >= 0.3 is 0 Å². The normalized spacial score (nSPS) is 33.0. The van der Waals surface area contributed by atoms with Crippen LogP contribution in [0.1, 0.15) is 56.7 Å². The van der Waals surface area contributed by atoms with Crippen LogP contribution in [-0.2, 0) is 5.54 Å². The van der Waals surface area contributed by atoms with Gasteiger partial charge in [-0.2, -0.15) is 0 Å². The van der Waals surface area contributed by atoms with Gasteiger partial charge in [0.05, 0.1) is 11.2 Å². The lowest BCUT2D eigenvalue weighted by Gasteiger charge is -2.42. The molecule has 2 bridgehead atoms. The molecule has 3 atom stereocenters.